The molecule has 27 heavy (non-hydrogen) atoms. The van der Waals surface area contributed by atoms with Gasteiger partial charge in [-0.25, -0.2) is 9.37 Å². The standard InChI is InChI=1S/C17H20F4N6/c18-10-6-12(23-5-1-4-22)8-13(7-10)26-16-24-9-14(17(19,20)21)15(27-16)25-11-2-3-11/h6-9,11,23H,1-5,22H2,(H2,24,25,26,27). The largest absolute Gasteiger partial charge is 0.421 e. The van der Waals surface area contributed by atoms with Gasteiger partial charge in [-0.15, -0.1) is 0 Å². The molecule has 0 aliphatic heterocycles. The minimum atomic E-state index is -4.56. The van der Waals surface area contributed by atoms with Crippen molar-refractivity contribution in [3.05, 3.63) is 35.8 Å². The van der Waals surface area contributed by atoms with Crippen molar-refractivity contribution in [1.82, 2.24) is 9.97 Å². The Morgan fingerprint density at radius 1 is 1.15 bits per heavy atom. The van der Waals surface area contributed by atoms with Crippen LogP contribution in [0.25, 0.3) is 0 Å². The van der Waals surface area contributed by atoms with Gasteiger partial charge >= 0.3 is 6.18 Å². The molecule has 0 saturated heterocycles. The molecule has 10 heteroatoms. The van der Waals surface area contributed by atoms with Gasteiger partial charge in [0.1, 0.15) is 17.2 Å². The Morgan fingerprint density at radius 3 is 2.56 bits per heavy atom. The molecule has 1 heterocycles. The van der Waals surface area contributed by atoms with E-state index < -0.39 is 17.6 Å². The van der Waals surface area contributed by atoms with Crippen molar-refractivity contribution in [3.8, 4) is 0 Å². The number of benzene rings is 1. The van der Waals surface area contributed by atoms with Gasteiger partial charge in [0.2, 0.25) is 5.95 Å². The molecule has 1 aromatic heterocycles. The van der Waals surface area contributed by atoms with Crippen LogP contribution in [0.1, 0.15) is 24.8 Å². The molecule has 1 aliphatic rings. The normalized spacial score (nSPS) is 14.1. The van der Waals surface area contributed by atoms with E-state index in [4.69, 9.17) is 5.73 Å². The van der Waals surface area contributed by atoms with E-state index in [1.165, 1.54) is 12.1 Å². The van der Waals surface area contributed by atoms with Gasteiger partial charge in [0.15, 0.2) is 0 Å². The summed E-state index contributed by atoms with van der Waals surface area (Å²) in [5, 5.41) is 8.54. The molecular weight excluding hydrogens is 364 g/mol. The summed E-state index contributed by atoms with van der Waals surface area (Å²) < 4.78 is 53.2. The number of hydrogen-bond acceptors (Lipinski definition) is 6. The molecule has 6 nitrogen and oxygen atoms in total. The molecule has 3 rings (SSSR count). The number of hydrogen-bond donors (Lipinski definition) is 4. The van der Waals surface area contributed by atoms with E-state index >= 15 is 0 Å². The van der Waals surface area contributed by atoms with Gasteiger partial charge < -0.3 is 21.7 Å². The van der Waals surface area contributed by atoms with Crippen LogP contribution in [-0.4, -0.2) is 29.1 Å². The van der Waals surface area contributed by atoms with Gasteiger partial charge in [0.05, 0.1) is 0 Å². The molecule has 2 aromatic rings. The van der Waals surface area contributed by atoms with Crippen LogP contribution in [0, 0.1) is 5.82 Å². The zero-order valence-corrected chi connectivity index (χ0v) is 14.4. The molecule has 1 saturated carbocycles. The van der Waals surface area contributed by atoms with Crippen LogP contribution in [0.2, 0.25) is 0 Å². The first kappa shape index (κ1) is 19.2. The van der Waals surface area contributed by atoms with E-state index in [9.17, 15) is 17.6 Å². The maximum atomic E-state index is 13.8. The van der Waals surface area contributed by atoms with Crippen LogP contribution in [0.5, 0.6) is 0 Å². The van der Waals surface area contributed by atoms with E-state index in [-0.39, 0.29) is 17.8 Å². The van der Waals surface area contributed by atoms with Crippen molar-refractivity contribution in [1.29, 1.82) is 0 Å². The predicted molar refractivity (Wildman–Crippen MR) is 95.5 cm³/mol. The van der Waals surface area contributed by atoms with Crippen molar-refractivity contribution < 1.29 is 17.6 Å². The zero-order chi connectivity index (χ0) is 19.4. The summed E-state index contributed by atoms with van der Waals surface area (Å²) in [5.74, 6) is -0.830. The maximum Gasteiger partial charge on any atom is 0.421 e. The molecule has 0 atom stereocenters. The Bertz CT molecular complexity index is 791. The Morgan fingerprint density at radius 2 is 1.89 bits per heavy atom. The quantitative estimate of drug-likeness (QED) is 0.410. The fourth-order valence-corrected chi connectivity index (χ4v) is 2.41. The van der Waals surface area contributed by atoms with Crippen molar-refractivity contribution >= 4 is 23.1 Å². The number of anilines is 4. The smallest absolute Gasteiger partial charge is 0.385 e. The molecule has 1 aromatic carbocycles. The molecular formula is C17H20F4N6. The van der Waals surface area contributed by atoms with Gasteiger partial charge in [-0.1, -0.05) is 0 Å². The summed E-state index contributed by atoms with van der Waals surface area (Å²) in [7, 11) is 0. The van der Waals surface area contributed by atoms with Gasteiger partial charge in [0.25, 0.3) is 0 Å². The first-order valence-corrected chi connectivity index (χ1v) is 8.57. The average Bonchev–Trinajstić information content (AvgIpc) is 3.38. The number of nitrogens with two attached hydrogens (primary N) is 1. The molecule has 0 spiro atoms. The Balaban J connectivity index is 1.80. The second-order valence-electron chi connectivity index (χ2n) is 6.29. The molecule has 5 N–H and O–H groups in total. The molecule has 0 radical (unpaired) electrons. The lowest BCUT2D eigenvalue weighted by Crippen LogP contribution is -2.15. The molecule has 1 aliphatic carbocycles. The van der Waals surface area contributed by atoms with Crippen molar-refractivity contribution in [3.63, 3.8) is 0 Å². The molecule has 1 fully saturated rings. The highest BCUT2D eigenvalue weighted by molar-refractivity contribution is 5.62. The number of nitrogens with one attached hydrogen (secondary N) is 3. The van der Waals surface area contributed by atoms with Crippen LogP contribution in [0.15, 0.2) is 24.4 Å². The third-order valence-corrected chi connectivity index (χ3v) is 3.88. The van der Waals surface area contributed by atoms with Crippen molar-refractivity contribution in [2.45, 2.75) is 31.5 Å². The Hall–Kier alpha value is -2.62. The Labute approximate surface area is 153 Å². The first-order chi connectivity index (χ1) is 12.8. The minimum absolute atomic E-state index is 0.0126. The van der Waals surface area contributed by atoms with E-state index in [0.717, 1.165) is 25.5 Å². The Kier molecular flexibility index (Phi) is 5.64. The topological polar surface area (TPSA) is 87.9 Å². The summed E-state index contributed by atoms with van der Waals surface area (Å²) in [4.78, 5) is 7.66. The van der Waals surface area contributed by atoms with Crippen molar-refractivity contribution in [2.24, 2.45) is 5.73 Å². The van der Waals surface area contributed by atoms with Crippen LogP contribution < -0.4 is 21.7 Å². The van der Waals surface area contributed by atoms with Gasteiger partial charge in [-0.2, -0.15) is 18.2 Å². The lowest BCUT2D eigenvalue weighted by atomic mass is 10.2. The molecule has 0 amide bonds. The fourth-order valence-electron chi connectivity index (χ4n) is 2.41. The van der Waals surface area contributed by atoms with Gasteiger partial charge in [-0.05, 0) is 44.0 Å². The van der Waals surface area contributed by atoms with E-state index in [1.807, 2.05) is 0 Å². The summed E-state index contributed by atoms with van der Waals surface area (Å²) >= 11 is 0. The highest BCUT2D eigenvalue weighted by atomic mass is 19.4. The van der Waals surface area contributed by atoms with E-state index in [0.29, 0.717) is 24.5 Å². The third-order valence-electron chi connectivity index (χ3n) is 3.88. The second-order valence-corrected chi connectivity index (χ2v) is 6.29. The summed E-state index contributed by atoms with van der Waals surface area (Å²) in [6.07, 6.45) is -1.52. The SMILES string of the molecule is NCCCNc1cc(F)cc(Nc2ncc(C(F)(F)F)c(NC3CC3)n2)c1. The first-order valence-electron chi connectivity index (χ1n) is 8.57. The van der Waals surface area contributed by atoms with Crippen LogP contribution >= 0.6 is 0 Å². The van der Waals surface area contributed by atoms with E-state index in [2.05, 4.69) is 25.9 Å². The third kappa shape index (κ3) is 5.43. The number of alkyl halides is 3. The summed E-state index contributed by atoms with van der Waals surface area (Å²) in [6, 6.07) is 4.13. The van der Waals surface area contributed by atoms with E-state index in [1.54, 1.807) is 6.07 Å². The average molecular weight is 384 g/mol. The molecule has 0 unspecified atom stereocenters. The van der Waals surface area contributed by atoms with Gasteiger partial charge in [0, 0.05) is 30.2 Å². The minimum Gasteiger partial charge on any atom is -0.385 e. The second kappa shape index (κ2) is 7.95. The summed E-state index contributed by atoms with van der Waals surface area (Å²) in [6.45, 7) is 1.08. The predicted octanol–water partition coefficient (Wildman–Crippen LogP) is 3.71. The molecule has 0 bridgehead atoms. The van der Waals surface area contributed by atoms with Crippen LogP contribution in [0.4, 0.5) is 40.7 Å². The number of rotatable bonds is 8. The van der Waals surface area contributed by atoms with Crippen LogP contribution in [0.3, 0.4) is 0 Å². The molecule has 146 valence electrons. The van der Waals surface area contributed by atoms with Crippen LogP contribution in [-0.2, 0) is 6.18 Å². The lowest BCUT2D eigenvalue weighted by molar-refractivity contribution is -0.137. The van der Waals surface area contributed by atoms with Gasteiger partial charge in [-0.3, -0.25) is 0 Å². The maximum absolute atomic E-state index is 13.8. The number of nitrogens with zero attached hydrogens (tertiary/aromatic N) is 2. The van der Waals surface area contributed by atoms with Crippen molar-refractivity contribution in [2.75, 3.05) is 29.0 Å². The zero-order valence-electron chi connectivity index (χ0n) is 14.4. The number of halogens is 4. The highest BCUT2D eigenvalue weighted by Gasteiger charge is 2.36. The summed E-state index contributed by atoms with van der Waals surface area (Å²) in [5.41, 5.74) is 5.34. The lowest BCUT2D eigenvalue weighted by Gasteiger charge is -2.15. The highest BCUT2D eigenvalue weighted by Crippen LogP contribution is 2.36. The fraction of sp³-hybridized carbons (Fsp3) is 0.412. The number of aromatic nitrogens is 2. The monoisotopic (exact) mass is 384 g/mol.